The predicted molar refractivity (Wildman–Crippen MR) is 174 cm³/mol. The van der Waals surface area contributed by atoms with Crippen LogP contribution in [0, 0.1) is 17.8 Å². The molecule has 2 amide bonds. The van der Waals surface area contributed by atoms with Gasteiger partial charge in [0.2, 0.25) is 11.8 Å². The smallest absolute Gasteiger partial charge is 0.233 e. The fraction of sp³-hybridized carbons (Fsp3) is 0.333. The zero-order valence-electron chi connectivity index (χ0n) is 25.8. The third-order valence-corrected chi connectivity index (χ3v) is 11.0. The van der Waals surface area contributed by atoms with Gasteiger partial charge in [-0.05, 0) is 67.2 Å². The highest BCUT2D eigenvalue weighted by Crippen LogP contribution is 2.56. The first-order valence-electron chi connectivity index (χ1n) is 16.4. The minimum Gasteiger partial charge on any atom is -0.507 e. The predicted octanol–water partition coefficient (Wildman–Crippen LogP) is 5.64. The highest BCUT2D eigenvalue weighted by Gasteiger charge is 2.57. The van der Waals surface area contributed by atoms with E-state index >= 15 is 0 Å². The Hall–Kier alpha value is -4.62. The average Bonchev–Trinajstić information content (AvgIpc) is 3.33. The molecule has 2 fully saturated rings. The number of aromatic hydroxyl groups is 1. The first-order chi connectivity index (χ1) is 22.3. The number of phenolic OH excluding ortho intramolecular Hbond substituents is 1. The van der Waals surface area contributed by atoms with Crippen LogP contribution < -0.4 is 0 Å². The van der Waals surface area contributed by atoms with E-state index in [1.54, 1.807) is 17.9 Å². The highest BCUT2D eigenvalue weighted by atomic mass is 16.3. The van der Waals surface area contributed by atoms with Crippen molar-refractivity contribution in [2.75, 3.05) is 13.1 Å². The number of ketones is 2. The Morgan fingerprint density at radius 2 is 1.54 bits per heavy atom. The van der Waals surface area contributed by atoms with Gasteiger partial charge in [-0.1, -0.05) is 72.3 Å². The highest BCUT2D eigenvalue weighted by molar-refractivity contribution is 6.24. The number of amides is 2. The number of hydrogen-bond donors (Lipinski definition) is 1. The summed E-state index contributed by atoms with van der Waals surface area (Å²) in [5.41, 5.74) is 4.34. The summed E-state index contributed by atoms with van der Waals surface area (Å²) < 4.78 is 0. The minimum absolute atomic E-state index is 0.0972. The van der Waals surface area contributed by atoms with E-state index in [4.69, 9.17) is 0 Å². The number of nitrogens with zero attached hydrogens (tertiary/aromatic N) is 2. The second kappa shape index (κ2) is 11.0. The van der Waals surface area contributed by atoms with E-state index in [1.165, 1.54) is 11.6 Å². The summed E-state index contributed by atoms with van der Waals surface area (Å²) in [6.45, 7) is 4.15. The van der Waals surface area contributed by atoms with Crippen LogP contribution in [-0.4, -0.2) is 57.4 Å². The number of imide groups is 1. The molecule has 232 valence electrons. The summed E-state index contributed by atoms with van der Waals surface area (Å²) in [6, 6.07) is 21.2. The van der Waals surface area contributed by atoms with Crippen LogP contribution >= 0.6 is 0 Å². The van der Waals surface area contributed by atoms with Gasteiger partial charge in [0.1, 0.15) is 5.75 Å². The quantitative estimate of drug-likeness (QED) is 0.233. The molecule has 0 spiro atoms. The van der Waals surface area contributed by atoms with Crippen LogP contribution in [0.5, 0.6) is 5.75 Å². The molecule has 2 saturated heterocycles. The molecular formula is C39H36N2O5. The molecule has 1 N–H and O–H groups in total. The van der Waals surface area contributed by atoms with Gasteiger partial charge in [0.15, 0.2) is 11.6 Å². The van der Waals surface area contributed by atoms with Crippen LogP contribution in [0.3, 0.4) is 0 Å². The SMILES string of the molecule is CC1=CC(=O)C2=C(C1=O)C(c1ccc(O)c3ccccc13)C1=CCC3C(=O)N(C4CCN(Cc5ccccc5)CC4)C(=O)C3C1C2. The Balaban J connectivity index is 1.14. The fourth-order valence-electron chi connectivity index (χ4n) is 8.84. The molecule has 3 aliphatic carbocycles. The molecule has 0 radical (unpaired) electrons. The van der Waals surface area contributed by atoms with Crippen LogP contribution in [0.25, 0.3) is 10.8 Å². The first-order valence-corrected chi connectivity index (χ1v) is 16.4. The van der Waals surface area contributed by atoms with Crippen molar-refractivity contribution in [3.8, 4) is 5.75 Å². The summed E-state index contributed by atoms with van der Waals surface area (Å²) in [7, 11) is 0. The van der Waals surface area contributed by atoms with Crippen molar-refractivity contribution in [1.82, 2.24) is 9.80 Å². The van der Waals surface area contributed by atoms with Crippen LogP contribution in [-0.2, 0) is 25.7 Å². The lowest BCUT2D eigenvalue weighted by Gasteiger charge is -2.42. The Kier molecular flexibility index (Phi) is 6.91. The van der Waals surface area contributed by atoms with Gasteiger partial charge in [0.25, 0.3) is 0 Å². The van der Waals surface area contributed by atoms with Gasteiger partial charge in [-0.3, -0.25) is 29.0 Å². The molecule has 3 aromatic rings. The monoisotopic (exact) mass is 612 g/mol. The number of carbonyl (C=O) groups is 4. The molecule has 5 aliphatic rings. The maximum Gasteiger partial charge on any atom is 0.233 e. The standard InChI is InChI=1S/C39H36N2O5/c1-22-19-33(43)31-20-30-28(34(36(31)37(22)44)27-13-14-32(42)26-10-6-5-9-25(26)27)11-12-29-35(30)39(46)41(38(29)45)24-15-17-40(18-16-24)21-23-7-3-2-4-8-23/h2-11,13-14,19,24,29-30,34-35,42H,12,15-18,20-21H2,1H3. The van der Waals surface area contributed by atoms with Crippen LogP contribution in [0.15, 0.2) is 101 Å². The molecule has 3 aromatic carbocycles. The lowest BCUT2D eigenvalue weighted by molar-refractivity contribution is -0.144. The zero-order chi connectivity index (χ0) is 31.7. The third kappa shape index (κ3) is 4.43. The molecule has 7 nitrogen and oxygen atoms in total. The molecule has 4 unspecified atom stereocenters. The molecule has 2 heterocycles. The largest absolute Gasteiger partial charge is 0.507 e. The van der Waals surface area contributed by atoms with Crippen LogP contribution in [0.4, 0.5) is 0 Å². The van der Waals surface area contributed by atoms with E-state index in [2.05, 4.69) is 23.1 Å². The van der Waals surface area contributed by atoms with Gasteiger partial charge in [-0.15, -0.1) is 0 Å². The van der Waals surface area contributed by atoms with E-state index in [1.807, 2.05) is 48.5 Å². The Bertz CT molecular complexity index is 1910. The van der Waals surface area contributed by atoms with Crippen molar-refractivity contribution >= 4 is 34.2 Å². The van der Waals surface area contributed by atoms with Gasteiger partial charge in [-0.2, -0.15) is 0 Å². The molecular weight excluding hydrogens is 576 g/mol. The number of piperidine rings is 1. The molecule has 0 saturated carbocycles. The van der Waals surface area contributed by atoms with Crippen molar-refractivity contribution in [2.24, 2.45) is 17.8 Å². The fourth-order valence-corrected chi connectivity index (χ4v) is 8.84. The van der Waals surface area contributed by atoms with Crippen molar-refractivity contribution in [3.05, 3.63) is 112 Å². The lowest BCUT2D eigenvalue weighted by atomic mass is 9.59. The molecule has 7 heteroatoms. The van der Waals surface area contributed by atoms with Crippen molar-refractivity contribution < 1.29 is 24.3 Å². The summed E-state index contributed by atoms with van der Waals surface area (Å²) in [6.07, 6.45) is 5.66. The summed E-state index contributed by atoms with van der Waals surface area (Å²) >= 11 is 0. The maximum atomic E-state index is 14.4. The van der Waals surface area contributed by atoms with Crippen molar-refractivity contribution in [3.63, 3.8) is 0 Å². The number of rotatable bonds is 4. The lowest BCUT2D eigenvalue weighted by Crippen LogP contribution is -2.47. The summed E-state index contributed by atoms with van der Waals surface area (Å²) in [5, 5.41) is 12.1. The molecule has 0 bridgehead atoms. The van der Waals surface area contributed by atoms with E-state index in [0.717, 1.165) is 49.0 Å². The average molecular weight is 613 g/mol. The normalized spacial score (nSPS) is 27.0. The van der Waals surface area contributed by atoms with Gasteiger partial charge < -0.3 is 5.11 Å². The minimum atomic E-state index is -0.565. The Labute approximate surface area is 267 Å². The number of carbonyl (C=O) groups excluding carboxylic acids is 4. The Morgan fingerprint density at radius 1 is 0.826 bits per heavy atom. The van der Waals surface area contributed by atoms with E-state index in [0.29, 0.717) is 28.5 Å². The van der Waals surface area contributed by atoms with E-state index in [-0.39, 0.29) is 47.5 Å². The number of hydrogen-bond acceptors (Lipinski definition) is 6. The summed E-state index contributed by atoms with van der Waals surface area (Å²) in [5.74, 6) is -2.37. The third-order valence-electron chi connectivity index (χ3n) is 11.0. The van der Waals surface area contributed by atoms with Crippen LogP contribution in [0.2, 0.25) is 0 Å². The Morgan fingerprint density at radius 3 is 2.30 bits per heavy atom. The molecule has 4 atom stereocenters. The van der Waals surface area contributed by atoms with E-state index in [9.17, 15) is 24.3 Å². The number of Topliss-reactive ketones (excluding diaryl/α,β-unsaturated/α-hetero) is 1. The van der Waals surface area contributed by atoms with E-state index < -0.39 is 17.8 Å². The van der Waals surface area contributed by atoms with Crippen LogP contribution in [0.1, 0.15) is 49.7 Å². The second-order valence-electron chi connectivity index (χ2n) is 13.5. The first kappa shape index (κ1) is 28.8. The van der Waals surface area contributed by atoms with Gasteiger partial charge >= 0.3 is 0 Å². The topological polar surface area (TPSA) is 95.0 Å². The molecule has 2 aliphatic heterocycles. The van der Waals surface area contributed by atoms with Gasteiger partial charge in [0, 0.05) is 53.7 Å². The molecule has 46 heavy (non-hydrogen) atoms. The molecule has 0 aromatic heterocycles. The summed E-state index contributed by atoms with van der Waals surface area (Å²) in [4.78, 5) is 59.7. The number of likely N-dealkylation sites (tertiary alicyclic amines) is 2. The van der Waals surface area contributed by atoms with Gasteiger partial charge in [0.05, 0.1) is 11.8 Å². The number of benzene rings is 3. The molecule has 8 rings (SSSR count). The van der Waals surface area contributed by atoms with Gasteiger partial charge in [-0.25, -0.2) is 0 Å². The van der Waals surface area contributed by atoms with Crippen molar-refractivity contribution in [2.45, 2.75) is 51.1 Å². The second-order valence-corrected chi connectivity index (χ2v) is 13.5. The number of fused-ring (bicyclic) bond motifs is 4. The van der Waals surface area contributed by atoms with Crippen molar-refractivity contribution in [1.29, 1.82) is 0 Å². The maximum absolute atomic E-state index is 14.4. The number of phenols is 1. The number of allylic oxidation sites excluding steroid dienone is 6. The zero-order valence-corrected chi connectivity index (χ0v) is 25.8.